The number of hydrogen-bond donors (Lipinski definition) is 2. The third-order valence-electron chi connectivity index (χ3n) is 3.13. The van der Waals surface area contributed by atoms with Gasteiger partial charge in [-0.3, -0.25) is 4.79 Å². The van der Waals surface area contributed by atoms with Gasteiger partial charge in [0.25, 0.3) is 0 Å². The van der Waals surface area contributed by atoms with Crippen molar-refractivity contribution in [3.05, 3.63) is 29.6 Å². The monoisotopic (exact) mass is 251 g/mol. The molecule has 1 aliphatic heterocycles. The summed E-state index contributed by atoms with van der Waals surface area (Å²) in [6, 6.07) is 4.41. The molecule has 1 aromatic carbocycles. The fraction of sp³-hybridized carbons (Fsp3) is 0.462. The van der Waals surface area contributed by atoms with Crippen LogP contribution in [0.5, 0.6) is 0 Å². The quantitative estimate of drug-likeness (QED) is 0.829. The van der Waals surface area contributed by atoms with E-state index in [9.17, 15) is 9.18 Å². The predicted octanol–water partition coefficient (Wildman–Crippen LogP) is 1.17. The lowest BCUT2D eigenvalue weighted by atomic mass is 10.1. The standard InChI is InChI=1S/C13H18FN3O/c1-9(15)11-8-10(14)2-3-12(11)17-6-4-13(18)16-5-7-17/h2-3,8-9H,4-7,15H2,1H3,(H,16,18). The van der Waals surface area contributed by atoms with Gasteiger partial charge in [0.05, 0.1) is 0 Å². The number of nitrogens with zero attached hydrogens (tertiary/aromatic N) is 1. The summed E-state index contributed by atoms with van der Waals surface area (Å²) < 4.78 is 13.3. The zero-order valence-electron chi connectivity index (χ0n) is 10.4. The van der Waals surface area contributed by atoms with Gasteiger partial charge in [0.2, 0.25) is 5.91 Å². The van der Waals surface area contributed by atoms with Gasteiger partial charge in [-0.15, -0.1) is 0 Å². The van der Waals surface area contributed by atoms with Crippen LogP contribution in [0.15, 0.2) is 18.2 Å². The molecule has 4 nitrogen and oxygen atoms in total. The fourth-order valence-electron chi connectivity index (χ4n) is 2.19. The van der Waals surface area contributed by atoms with Crippen molar-refractivity contribution in [1.82, 2.24) is 5.32 Å². The third-order valence-corrected chi connectivity index (χ3v) is 3.13. The van der Waals surface area contributed by atoms with Crippen LogP contribution in [0.25, 0.3) is 0 Å². The summed E-state index contributed by atoms with van der Waals surface area (Å²) >= 11 is 0. The maximum absolute atomic E-state index is 13.3. The van der Waals surface area contributed by atoms with Crippen molar-refractivity contribution in [3.63, 3.8) is 0 Å². The van der Waals surface area contributed by atoms with Gasteiger partial charge in [-0.1, -0.05) is 0 Å². The highest BCUT2D eigenvalue weighted by atomic mass is 19.1. The first-order chi connectivity index (χ1) is 8.58. The van der Waals surface area contributed by atoms with Crippen molar-refractivity contribution in [2.45, 2.75) is 19.4 Å². The molecule has 1 aromatic rings. The number of nitrogens with two attached hydrogens (primary N) is 1. The lowest BCUT2D eigenvalue weighted by Crippen LogP contribution is -2.29. The van der Waals surface area contributed by atoms with Gasteiger partial charge < -0.3 is 16.0 Å². The summed E-state index contributed by atoms with van der Waals surface area (Å²) in [6.45, 7) is 3.79. The molecule has 0 aliphatic carbocycles. The molecular weight excluding hydrogens is 233 g/mol. The van der Waals surface area contributed by atoms with Crippen LogP contribution < -0.4 is 16.0 Å². The van der Waals surface area contributed by atoms with Gasteiger partial charge in [-0.05, 0) is 30.7 Å². The van der Waals surface area contributed by atoms with Gasteiger partial charge in [0, 0.05) is 37.8 Å². The number of carbonyl (C=O) groups excluding carboxylic acids is 1. The Hall–Kier alpha value is -1.62. The maximum Gasteiger partial charge on any atom is 0.221 e. The van der Waals surface area contributed by atoms with Crippen LogP contribution >= 0.6 is 0 Å². The minimum absolute atomic E-state index is 0.0574. The van der Waals surface area contributed by atoms with Gasteiger partial charge in [0.1, 0.15) is 5.82 Å². The molecular formula is C13H18FN3O. The van der Waals surface area contributed by atoms with Crippen LogP contribution in [0.2, 0.25) is 0 Å². The summed E-state index contributed by atoms with van der Waals surface area (Å²) in [7, 11) is 0. The molecule has 1 heterocycles. The summed E-state index contributed by atoms with van der Waals surface area (Å²) in [5.74, 6) is -0.225. The van der Waals surface area contributed by atoms with Crippen molar-refractivity contribution in [1.29, 1.82) is 0 Å². The van der Waals surface area contributed by atoms with Crippen LogP contribution in [0.1, 0.15) is 24.9 Å². The molecule has 0 aromatic heterocycles. The molecule has 18 heavy (non-hydrogen) atoms. The Kier molecular flexibility index (Phi) is 3.81. The van der Waals surface area contributed by atoms with Crippen LogP contribution in [0.3, 0.4) is 0 Å². The van der Waals surface area contributed by atoms with Crippen LogP contribution in [-0.2, 0) is 4.79 Å². The lowest BCUT2D eigenvalue weighted by Gasteiger charge is -2.26. The highest BCUT2D eigenvalue weighted by Gasteiger charge is 2.18. The summed E-state index contributed by atoms with van der Waals surface area (Å²) in [6.07, 6.45) is 0.454. The molecule has 1 amide bonds. The van der Waals surface area contributed by atoms with E-state index in [1.54, 1.807) is 6.07 Å². The summed E-state index contributed by atoms with van der Waals surface area (Å²) in [4.78, 5) is 13.4. The molecule has 3 N–H and O–H groups in total. The number of halogens is 1. The average molecular weight is 251 g/mol. The first-order valence-electron chi connectivity index (χ1n) is 6.14. The molecule has 1 saturated heterocycles. The molecule has 1 unspecified atom stereocenters. The van der Waals surface area contributed by atoms with E-state index >= 15 is 0 Å². The number of amides is 1. The Bertz CT molecular complexity index is 448. The van der Waals surface area contributed by atoms with Crippen molar-refractivity contribution in [2.75, 3.05) is 24.5 Å². The predicted molar refractivity (Wildman–Crippen MR) is 68.8 cm³/mol. The molecule has 0 bridgehead atoms. The minimum Gasteiger partial charge on any atom is -0.369 e. The van der Waals surface area contributed by atoms with Gasteiger partial charge >= 0.3 is 0 Å². The molecule has 0 saturated carbocycles. The molecule has 2 rings (SSSR count). The Morgan fingerprint density at radius 1 is 1.44 bits per heavy atom. The second-order valence-electron chi connectivity index (χ2n) is 4.58. The number of anilines is 1. The molecule has 1 aliphatic rings. The van der Waals surface area contributed by atoms with E-state index in [1.165, 1.54) is 12.1 Å². The maximum atomic E-state index is 13.3. The van der Waals surface area contributed by atoms with E-state index in [-0.39, 0.29) is 17.8 Å². The van der Waals surface area contributed by atoms with Crippen LogP contribution in [-0.4, -0.2) is 25.5 Å². The Morgan fingerprint density at radius 2 is 2.22 bits per heavy atom. The third kappa shape index (κ3) is 2.79. The molecule has 0 spiro atoms. The van der Waals surface area contributed by atoms with E-state index in [4.69, 9.17) is 5.73 Å². The Labute approximate surface area is 106 Å². The number of rotatable bonds is 2. The van der Waals surface area contributed by atoms with E-state index in [0.717, 1.165) is 17.8 Å². The SMILES string of the molecule is CC(N)c1cc(F)ccc1N1CCNC(=O)CC1. The first kappa shape index (κ1) is 12.8. The number of nitrogens with one attached hydrogen (secondary N) is 1. The zero-order valence-corrected chi connectivity index (χ0v) is 10.4. The lowest BCUT2D eigenvalue weighted by molar-refractivity contribution is -0.120. The first-order valence-corrected chi connectivity index (χ1v) is 6.14. The fourth-order valence-corrected chi connectivity index (χ4v) is 2.19. The largest absolute Gasteiger partial charge is 0.369 e. The van der Waals surface area contributed by atoms with Crippen molar-refractivity contribution in [2.24, 2.45) is 5.73 Å². The van der Waals surface area contributed by atoms with Crippen molar-refractivity contribution >= 4 is 11.6 Å². The van der Waals surface area contributed by atoms with Crippen LogP contribution in [0.4, 0.5) is 10.1 Å². The minimum atomic E-state index is -0.282. The van der Waals surface area contributed by atoms with Crippen molar-refractivity contribution in [3.8, 4) is 0 Å². The zero-order chi connectivity index (χ0) is 13.1. The molecule has 1 fully saturated rings. The normalized spacial score (nSPS) is 18.2. The van der Waals surface area contributed by atoms with Gasteiger partial charge in [-0.25, -0.2) is 4.39 Å². The second kappa shape index (κ2) is 5.35. The average Bonchev–Trinajstić information content (AvgIpc) is 2.54. The van der Waals surface area contributed by atoms with E-state index in [2.05, 4.69) is 10.2 Å². The second-order valence-corrected chi connectivity index (χ2v) is 4.58. The smallest absolute Gasteiger partial charge is 0.221 e. The number of hydrogen-bond acceptors (Lipinski definition) is 3. The van der Waals surface area contributed by atoms with Gasteiger partial charge in [0.15, 0.2) is 0 Å². The van der Waals surface area contributed by atoms with Crippen molar-refractivity contribution < 1.29 is 9.18 Å². The topological polar surface area (TPSA) is 58.4 Å². The number of carbonyl (C=O) groups is 1. The molecule has 0 radical (unpaired) electrons. The highest BCUT2D eigenvalue weighted by Crippen LogP contribution is 2.26. The molecule has 1 atom stereocenters. The Morgan fingerprint density at radius 3 is 2.94 bits per heavy atom. The number of benzene rings is 1. The van der Waals surface area contributed by atoms with E-state index < -0.39 is 0 Å². The van der Waals surface area contributed by atoms with Gasteiger partial charge in [-0.2, -0.15) is 0 Å². The van der Waals surface area contributed by atoms with Crippen LogP contribution in [0, 0.1) is 5.82 Å². The molecule has 98 valence electrons. The van der Waals surface area contributed by atoms with E-state index in [1.807, 2.05) is 6.92 Å². The summed E-state index contributed by atoms with van der Waals surface area (Å²) in [5, 5.41) is 2.82. The summed E-state index contributed by atoms with van der Waals surface area (Å²) in [5.41, 5.74) is 7.58. The Balaban J connectivity index is 2.29. The highest BCUT2D eigenvalue weighted by molar-refractivity contribution is 5.77. The van der Waals surface area contributed by atoms with E-state index in [0.29, 0.717) is 19.5 Å². The molecule has 5 heteroatoms.